The fourth-order valence-electron chi connectivity index (χ4n) is 3.78. The molecule has 0 saturated carbocycles. The Morgan fingerprint density at radius 3 is 1.78 bits per heavy atom. The number of ether oxygens (including phenoxy) is 2. The largest absolute Gasteiger partial charge is 0.496 e. The second-order valence-corrected chi connectivity index (χ2v) is 5.45. The van der Waals surface area contributed by atoms with Gasteiger partial charge in [-0.1, -0.05) is 0 Å². The molecule has 2 atom stereocenters. The van der Waals surface area contributed by atoms with Gasteiger partial charge in [0.05, 0.1) is 14.2 Å². The second-order valence-electron chi connectivity index (χ2n) is 5.45. The molecule has 1 saturated heterocycles. The first-order valence-electron chi connectivity index (χ1n) is 6.71. The molecule has 1 aromatic rings. The van der Waals surface area contributed by atoms with E-state index in [0.29, 0.717) is 18.1 Å². The van der Waals surface area contributed by atoms with Crippen LogP contribution in [0.5, 0.6) is 11.5 Å². The zero-order valence-electron chi connectivity index (χ0n) is 11.6. The minimum Gasteiger partial charge on any atom is -0.496 e. The van der Waals surface area contributed by atoms with Gasteiger partial charge in [-0.2, -0.15) is 0 Å². The van der Waals surface area contributed by atoms with Crippen LogP contribution in [0.15, 0.2) is 12.1 Å². The molecule has 1 aromatic carbocycles. The Bertz CT molecular complexity index is 431. The summed E-state index contributed by atoms with van der Waals surface area (Å²) in [5.74, 6) is 2.03. The molecule has 0 N–H and O–H groups in total. The summed E-state index contributed by atoms with van der Waals surface area (Å²) in [7, 11) is 3.52. The fraction of sp³-hybridized carbons (Fsp3) is 0.600. The Morgan fingerprint density at radius 1 is 1.00 bits per heavy atom. The van der Waals surface area contributed by atoms with Gasteiger partial charge in [0.1, 0.15) is 11.5 Å². The molecule has 3 heteroatoms. The molecule has 18 heavy (non-hydrogen) atoms. The van der Waals surface area contributed by atoms with Crippen LogP contribution in [0.4, 0.5) is 0 Å². The van der Waals surface area contributed by atoms with Crippen molar-refractivity contribution in [3.63, 3.8) is 0 Å². The molecule has 2 heterocycles. The van der Waals surface area contributed by atoms with Crippen molar-refractivity contribution in [3.8, 4) is 11.5 Å². The van der Waals surface area contributed by atoms with Gasteiger partial charge in [0.15, 0.2) is 0 Å². The maximum Gasteiger partial charge on any atom is 0.124 e. The number of rotatable bonds is 3. The first-order valence-corrected chi connectivity index (χ1v) is 6.71. The number of hydrogen-bond acceptors (Lipinski definition) is 3. The third-order valence-corrected chi connectivity index (χ3v) is 4.34. The summed E-state index contributed by atoms with van der Waals surface area (Å²) in [6.07, 6.45) is 2.47. The number of fused-ring (bicyclic) bond motifs is 5. The Kier molecular flexibility index (Phi) is 2.74. The summed E-state index contributed by atoms with van der Waals surface area (Å²) in [6, 6.07) is 5.66. The molecule has 98 valence electrons. The van der Waals surface area contributed by atoms with Crippen molar-refractivity contribution in [1.82, 2.24) is 4.90 Å². The third-order valence-electron chi connectivity index (χ3n) is 4.34. The zero-order valence-corrected chi connectivity index (χ0v) is 11.6. The maximum absolute atomic E-state index is 5.56. The van der Waals surface area contributed by atoms with E-state index in [-0.39, 0.29) is 0 Å². The van der Waals surface area contributed by atoms with E-state index in [0.717, 1.165) is 11.5 Å². The summed E-state index contributed by atoms with van der Waals surface area (Å²) in [5.41, 5.74) is 2.73. The molecule has 0 amide bonds. The van der Waals surface area contributed by atoms with Crippen molar-refractivity contribution >= 4 is 0 Å². The number of nitrogens with zero attached hydrogens (tertiary/aromatic N) is 1. The van der Waals surface area contributed by atoms with Gasteiger partial charge in [-0.05, 0) is 38.8 Å². The number of hydrogen-bond donors (Lipinski definition) is 0. The Hall–Kier alpha value is -1.22. The Labute approximate surface area is 109 Å². The first kappa shape index (κ1) is 11.8. The molecular weight excluding hydrogens is 226 g/mol. The van der Waals surface area contributed by atoms with Gasteiger partial charge in [0.2, 0.25) is 0 Å². The smallest absolute Gasteiger partial charge is 0.124 e. The topological polar surface area (TPSA) is 21.7 Å². The molecule has 3 nitrogen and oxygen atoms in total. The van der Waals surface area contributed by atoms with E-state index in [1.165, 1.54) is 24.0 Å². The normalized spacial score (nSPS) is 25.6. The predicted octanol–water partition coefficient (Wildman–Crippen LogP) is 3.30. The van der Waals surface area contributed by atoms with Gasteiger partial charge in [0, 0.05) is 29.3 Å². The second kappa shape index (κ2) is 4.16. The summed E-state index contributed by atoms with van der Waals surface area (Å²) < 4.78 is 11.1. The third kappa shape index (κ3) is 1.40. The SMILES string of the molecule is COc1ccc(OC)c2c1C1CCC2N1C(C)C. The standard InChI is InChI=1S/C15H21NO2/c1-9(2)16-10-5-6-11(16)15-13(18-4)8-7-12(17-3)14(10)15/h7-11H,5-6H2,1-4H3. The highest BCUT2D eigenvalue weighted by atomic mass is 16.5. The van der Waals surface area contributed by atoms with Gasteiger partial charge >= 0.3 is 0 Å². The van der Waals surface area contributed by atoms with E-state index in [2.05, 4.69) is 18.7 Å². The van der Waals surface area contributed by atoms with E-state index >= 15 is 0 Å². The summed E-state index contributed by atoms with van der Waals surface area (Å²) in [6.45, 7) is 4.55. The molecule has 2 bridgehead atoms. The monoisotopic (exact) mass is 247 g/mol. The minimum absolute atomic E-state index is 0.509. The molecule has 2 aliphatic heterocycles. The van der Waals surface area contributed by atoms with Crippen LogP contribution in [0.25, 0.3) is 0 Å². The summed E-state index contributed by atoms with van der Waals surface area (Å²) in [4.78, 5) is 2.61. The van der Waals surface area contributed by atoms with Crippen LogP contribution >= 0.6 is 0 Å². The predicted molar refractivity (Wildman–Crippen MR) is 71.2 cm³/mol. The molecule has 3 rings (SSSR count). The van der Waals surface area contributed by atoms with E-state index < -0.39 is 0 Å². The molecule has 2 unspecified atom stereocenters. The molecule has 0 aliphatic carbocycles. The lowest BCUT2D eigenvalue weighted by atomic mass is 9.90. The van der Waals surface area contributed by atoms with Crippen LogP contribution in [0, 0.1) is 0 Å². The van der Waals surface area contributed by atoms with Gasteiger partial charge in [-0.25, -0.2) is 0 Å². The first-order chi connectivity index (χ1) is 8.69. The van der Waals surface area contributed by atoms with Crippen LogP contribution in [-0.4, -0.2) is 25.2 Å². The van der Waals surface area contributed by atoms with Crippen molar-refractivity contribution in [2.24, 2.45) is 0 Å². The minimum atomic E-state index is 0.509. The molecule has 1 fully saturated rings. The van der Waals surface area contributed by atoms with Gasteiger partial charge in [-0.3, -0.25) is 4.90 Å². The quantitative estimate of drug-likeness (QED) is 0.818. The summed E-state index contributed by atoms with van der Waals surface area (Å²) in [5, 5.41) is 0. The zero-order chi connectivity index (χ0) is 12.9. The van der Waals surface area contributed by atoms with Gasteiger partial charge in [-0.15, -0.1) is 0 Å². The molecule has 0 spiro atoms. The van der Waals surface area contributed by atoms with Crippen molar-refractivity contribution in [2.75, 3.05) is 14.2 Å². The lowest BCUT2D eigenvalue weighted by Crippen LogP contribution is -2.27. The number of methoxy groups -OCH3 is 2. The molecular formula is C15H21NO2. The van der Waals surface area contributed by atoms with Crippen molar-refractivity contribution in [1.29, 1.82) is 0 Å². The van der Waals surface area contributed by atoms with Crippen molar-refractivity contribution in [3.05, 3.63) is 23.3 Å². The van der Waals surface area contributed by atoms with Crippen LogP contribution < -0.4 is 9.47 Å². The van der Waals surface area contributed by atoms with E-state index in [4.69, 9.17) is 9.47 Å². The van der Waals surface area contributed by atoms with Crippen molar-refractivity contribution in [2.45, 2.75) is 44.8 Å². The molecule has 0 radical (unpaired) electrons. The van der Waals surface area contributed by atoms with Crippen LogP contribution in [0.1, 0.15) is 49.9 Å². The van der Waals surface area contributed by atoms with E-state index in [9.17, 15) is 0 Å². The average molecular weight is 247 g/mol. The Morgan fingerprint density at radius 2 is 1.44 bits per heavy atom. The molecule has 2 aliphatic rings. The summed E-state index contributed by atoms with van der Waals surface area (Å²) >= 11 is 0. The number of benzene rings is 1. The van der Waals surface area contributed by atoms with Crippen LogP contribution in [0.2, 0.25) is 0 Å². The average Bonchev–Trinajstić information content (AvgIpc) is 2.94. The lowest BCUT2D eigenvalue weighted by molar-refractivity contribution is 0.171. The van der Waals surface area contributed by atoms with E-state index in [1.807, 2.05) is 12.1 Å². The highest BCUT2D eigenvalue weighted by Gasteiger charge is 2.48. The van der Waals surface area contributed by atoms with E-state index in [1.54, 1.807) is 14.2 Å². The lowest BCUT2D eigenvalue weighted by Gasteiger charge is -2.26. The van der Waals surface area contributed by atoms with Gasteiger partial charge < -0.3 is 9.47 Å². The molecule has 0 aromatic heterocycles. The van der Waals surface area contributed by atoms with Gasteiger partial charge in [0.25, 0.3) is 0 Å². The van der Waals surface area contributed by atoms with Crippen LogP contribution in [-0.2, 0) is 0 Å². The highest BCUT2D eigenvalue weighted by Crippen LogP contribution is 2.59. The van der Waals surface area contributed by atoms with Crippen LogP contribution in [0.3, 0.4) is 0 Å². The maximum atomic E-state index is 5.56. The highest BCUT2D eigenvalue weighted by molar-refractivity contribution is 5.56. The fourth-order valence-corrected chi connectivity index (χ4v) is 3.78. The van der Waals surface area contributed by atoms with Crippen molar-refractivity contribution < 1.29 is 9.47 Å². The Balaban J connectivity index is 2.17.